The van der Waals surface area contributed by atoms with Gasteiger partial charge in [0.2, 0.25) is 6.33 Å². The fraction of sp³-hybridized carbons (Fsp3) is 0.300. The summed E-state index contributed by atoms with van der Waals surface area (Å²) in [5.74, 6) is 0. The van der Waals surface area contributed by atoms with Crippen LogP contribution in [0.25, 0.3) is 5.03 Å². The quantitative estimate of drug-likeness (QED) is 0.350. The average Bonchev–Trinajstić information content (AvgIpc) is 2.82. The van der Waals surface area contributed by atoms with Crippen LogP contribution in [0, 0.1) is 0 Å². The molecular formula is C10H15F6N2OPS. The Hall–Kier alpha value is -0.990. The van der Waals surface area contributed by atoms with E-state index in [1.54, 1.807) is 0 Å². The van der Waals surface area contributed by atoms with Crippen LogP contribution in [0.1, 0.15) is 6.92 Å². The van der Waals surface area contributed by atoms with Gasteiger partial charge in [-0.05, 0) is 18.4 Å². The van der Waals surface area contributed by atoms with Crippen LogP contribution in [0.3, 0.4) is 0 Å². The van der Waals surface area contributed by atoms with Gasteiger partial charge in [0, 0.05) is 0 Å². The molecule has 0 fully saturated rings. The fourth-order valence-corrected chi connectivity index (χ4v) is 2.86. The summed E-state index contributed by atoms with van der Waals surface area (Å²) in [5.41, 5.74) is 0. The Bertz CT molecular complexity index is 554. The van der Waals surface area contributed by atoms with Crippen LogP contribution in [-0.4, -0.2) is 11.2 Å². The first-order valence-corrected chi connectivity index (χ1v) is 9.02. The molecule has 124 valence electrons. The number of allylic oxidation sites excluding steroid dienone is 2. The number of hydrogen-bond acceptors (Lipinski definition) is 1. The van der Waals surface area contributed by atoms with E-state index in [0.717, 1.165) is 6.61 Å². The summed E-state index contributed by atoms with van der Waals surface area (Å²) >= 11 is -0.541. The Morgan fingerprint density at radius 1 is 1.24 bits per heavy atom. The Morgan fingerprint density at radius 3 is 2.24 bits per heavy atom. The zero-order chi connectivity index (χ0) is 16.4. The molecule has 0 aromatic carbocycles. The maximum atomic E-state index is 9.87. The molecule has 0 aliphatic carbocycles. The molecular weight excluding hydrogens is 341 g/mol. The molecule has 11 heteroatoms. The maximum absolute atomic E-state index is 10.7. The Kier molecular flexibility index (Phi) is 4.58. The second-order valence-electron chi connectivity index (χ2n) is 4.05. The van der Waals surface area contributed by atoms with E-state index in [1.165, 1.54) is 5.03 Å². The predicted molar refractivity (Wildman–Crippen MR) is 73.2 cm³/mol. The number of halogens is 6. The molecule has 1 aliphatic heterocycles. The van der Waals surface area contributed by atoms with E-state index in [2.05, 4.69) is 22.1 Å². The van der Waals surface area contributed by atoms with Crippen molar-refractivity contribution in [2.24, 2.45) is 7.05 Å². The van der Waals surface area contributed by atoms with Crippen molar-refractivity contribution < 1.29 is 33.9 Å². The molecule has 2 rings (SSSR count). The first kappa shape index (κ1) is 18.1. The minimum absolute atomic E-state index is 0.541. The van der Waals surface area contributed by atoms with Gasteiger partial charge in [0.25, 0.3) is 0 Å². The van der Waals surface area contributed by atoms with Crippen molar-refractivity contribution >= 4 is 24.0 Å². The molecule has 0 saturated carbocycles. The molecule has 0 saturated heterocycles. The molecule has 1 atom stereocenters. The van der Waals surface area contributed by atoms with Crippen LogP contribution in [0.4, 0.5) is 25.2 Å². The van der Waals surface area contributed by atoms with Crippen molar-refractivity contribution in [3.05, 3.63) is 36.3 Å². The van der Waals surface area contributed by atoms with E-state index in [1.807, 2.05) is 37.3 Å². The standard InChI is InChI=1S/C10H15N2OS.F6P/c1-3-13-14-8-4-5-10(14)12-7-6-11(2)9-12;1-7(2,3,4,5)6/h4-9,14H,3H2,1-2H3;/q+1;-1. The van der Waals surface area contributed by atoms with Crippen molar-refractivity contribution in [1.29, 1.82) is 0 Å². The summed E-state index contributed by atoms with van der Waals surface area (Å²) in [7, 11) is -8.64. The van der Waals surface area contributed by atoms with Crippen molar-refractivity contribution in [3.63, 3.8) is 0 Å². The number of hydrogen-bond donors (Lipinski definition) is 1. The van der Waals surface area contributed by atoms with Crippen LogP contribution < -0.4 is 4.57 Å². The summed E-state index contributed by atoms with van der Waals surface area (Å²) < 4.78 is 69.0. The Morgan fingerprint density at radius 2 is 1.81 bits per heavy atom. The van der Waals surface area contributed by atoms with Gasteiger partial charge in [-0.1, -0.05) is 17.3 Å². The normalized spacial score (nSPS) is 22.9. The van der Waals surface area contributed by atoms with Crippen molar-refractivity contribution in [1.82, 2.24) is 4.57 Å². The van der Waals surface area contributed by atoms with Gasteiger partial charge < -0.3 is 4.18 Å². The third-order valence-electron chi connectivity index (χ3n) is 1.99. The first-order valence-electron chi connectivity index (χ1n) is 5.67. The second-order valence-corrected chi connectivity index (χ2v) is 7.64. The van der Waals surface area contributed by atoms with E-state index in [9.17, 15) is 25.2 Å². The fourth-order valence-electron chi connectivity index (χ4n) is 1.39. The van der Waals surface area contributed by atoms with Gasteiger partial charge in [0.05, 0.1) is 13.7 Å². The van der Waals surface area contributed by atoms with E-state index in [-0.39, 0.29) is 0 Å². The van der Waals surface area contributed by atoms with Gasteiger partial charge in [-0.2, -0.15) is 4.57 Å². The number of nitrogens with zero attached hydrogens (tertiary/aromatic N) is 2. The van der Waals surface area contributed by atoms with E-state index in [0.29, 0.717) is 0 Å². The molecule has 0 bridgehead atoms. The van der Waals surface area contributed by atoms with E-state index in [4.69, 9.17) is 4.18 Å². The molecule has 0 radical (unpaired) electrons. The molecule has 0 spiro atoms. The number of rotatable bonds is 3. The SMILES string of the molecule is CCO[SH]1C=CC=C1[n+]1ccn(C)c1.F[P-](F)(F)(F)(F)F. The summed E-state index contributed by atoms with van der Waals surface area (Å²) in [6.45, 7) is 2.79. The summed E-state index contributed by atoms with van der Waals surface area (Å²) in [4.78, 5) is 0. The third-order valence-corrected chi connectivity index (χ3v) is 3.81. The first-order chi connectivity index (χ1) is 9.26. The van der Waals surface area contributed by atoms with E-state index >= 15 is 0 Å². The van der Waals surface area contributed by atoms with Crippen molar-refractivity contribution in [3.8, 4) is 0 Å². The Balaban J connectivity index is 0.000000270. The summed E-state index contributed by atoms with van der Waals surface area (Å²) in [5, 5.41) is 3.37. The number of thiol groups is 1. The van der Waals surface area contributed by atoms with Crippen LogP contribution in [0.2, 0.25) is 0 Å². The van der Waals surface area contributed by atoms with Crippen LogP contribution in [0.5, 0.6) is 0 Å². The van der Waals surface area contributed by atoms with Gasteiger partial charge in [0.15, 0.2) is 5.03 Å². The monoisotopic (exact) mass is 356 g/mol. The molecule has 0 N–H and O–H groups in total. The molecule has 21 heavy (non-hydrogen) atoms. The Labute approximate surface area is 120 Å². The summed E-state index contributed by atoms with van der Waals surface area (Å²) in [6, 6.07) is 0. The van der Waals surface area contributed by atoms with E-state index < -0.39 is 19.0 Å². The number of aromatic nitrogens is 2. The van der Waals surface area contributed by atoms with Crippen LogP contribution in [-0.2, 0) is 11.2 Å². The minimum atomic E-state index is -10.7. The number of aryl methyl sites for hydroxylation is 1. The van der Waals surface area contributed by atoms with Crippen LogP contribution in [0.15, 0.2) is 36.3 Å². The molecule has 3 nitrogen and oxygen atoms in total. The topological polar surface area (TPSA) is 18.0 Å². The van der Waals surface area contributed by atoms with Crippen molar-refractivity contribution in [2.45, 2.75) is 6.92 Å². The number of imidazole rings is 1. The molecule has 0 amide bonds. The second kappa shape index (κ2) is 5.33. The van der Waals surface area contributed by atoms with Crippen LogP contribution >= 0.6 is 19.0 Å². The zero-order valence-corrected chi connectivity index (χ0v) is 12.9. The third kappa shape index (κ3) is 8.79. The average molecular weight is 356 g/mol. The molecule has 1 aliphatic rings. The predicted octanol–water partition coefficient (Wildman–Crippen LogP) is 4.97. The van der Waals surface area contributed by atoms with Crippen molar-refractivity contribution in [2.75, 3.05) is 6.61 Å². The molecule has 1 unspecified atom stereocenters. The van der Waals surface area contributed by atoms with Gasteiger partial charge >= 0.3 is 33.0 Å². The molecule has 2 heterocycles. The van der Waals surface area contributed by atoms with Gasteiger partial charge in [-0.15, -0.1) is 0 Å². The summed E-state index contributed by atoms with van der Waals surface area (Å²) in [6.07, 6.45) is 10.3. The van der Waals surface area contributed by atoms with Gasteiger partial charge in [-0.3, -0.25) is 0 Å². The molecule has 1 aromatic rings. The van der Waals surface area contributed by atoms with Gasteiger partial charge in [-0.25, -0.2) is 4.57 Å². The van der Waals surface area contributed by atoms with Gasteiger partial charge in [0.1, 0.15) is 12.4 Å². The zero-order valence-electron chi connectivity index (χ0n) is 11.1. The molecule has 1 aromatic heterocycles.